The van der Waals surface area contributed by atoms with Gasteiger partial charge in [-0.2, -0.15) is 5.26 Å². The van der Waals surface area contributed by atoms with Crippen molar-refractivity contribution in [2.45, 2.75) is 19.7 Å². The van der Waals surface area contributed by atoms with Crippen LogP contribution in [0.2, 0.25) is 5.82 Å². The van der Waals surface area contributed by atoms with Gasteiger partial charge >= 0.3 is 7.12 Å². The molecule has 0 radical (unpaired) electrons. The molecule has 2 aromatic carbocycles. The van der Waals surface area contributed by atoms with Gasteiger partial charge in [0, 0.05) is 11.7 Å². The van der Waals surface area contributed by atoms with Crippen molar-refractivity contribution in [1.82, 2.24) is 0 Å². The summed E-state index contributed by atoms with van der Waals surface area (Å²) < 4.78 is 11.9. The lowest BCUT2D eigenvalue weighted by Gasteiger charge is -2.22. The molecule has 0 saturated carbocycles. The molecule has 0 aliphatic carbocycles. The molecule has 0 aliphatic heterocycles. The monoisotopic (exact) mass is 279 g/mol. The molecule has 2 aromatic rings. The fourth-order valence-corrected chi connectivity index (χ4v) is 1.86. The Morgan fingerprint density at radius 2 is 1.29 bits per heavy atom. The first kappa shape index (κ1) is 15.0. The van der Waals surface area contributed by atoms with Crippen LogP contribution in [0.3, 0.4) is 0 Å². The molecular formula is C17H18BNO2. The molecular weight excluding hydrogens is 261 g/mol. The van der Waals surface area contributed by atoms with E-state index in [1.165, 1.54) is 0 Å². The summed E-state index contributed by atoms with van der Waals surface area (Å²) in [6.45, 7) is 3.84. The van der Waals surface area contributed by atoms with Gasteiger partial charge in [0.05, 0.1) is 6.07 Å². The maximum Gasteiger partial charge on any atom is 0.599 e. The zero-order valence-corrected chi connectivity index (χ0v) is 12.3. The highest BCUT2D eigenvalue weighted by atomic mass is 16.6. The van der Waals surface area contributed by atoms with Crippen molar-refractivity contribution in [2.75, 3.05) is 0 Å². The van der Waals surface area contributed by atoms with Crippen LogP contribution in [0.25, 0.3) is 0 Å². The second-order valence-corrected chi connectivity index (χ2v) is 5.01. The van der Waals surface area contributed by atoms with Crippen LogP contribution in [0.15, 0.2) is 60.7 Å². The van der Waals surface area contributed by atoms with Gasteiger partial charge in [-0.05, 0) is 31.2 Å². The number of nitriles is 1. The molecule has 0 aliphatic rings. The number of hydrogen-bond donors (Lipinski definition) is 0. The maximum absolute atomic E-state index is 9.13. The summed E-state index contributed by atoms with van der Waals surface area (Å²) in [6, 6.07) is 21.3. The van der Waals surface area contributed by atoms with E-state index in [9.17, 15) is 0 Å². The molecule has 0 amide bonds. The van der Waals surface area contributed by atoms with Crippen molar-refractivity contribution in [3.8, 4) is 17.6 Å². The SMILES string of the molecule is CC(C#N)C(C)B(Oc1ccccc1)Oc1ccccc1. The molecule has 2 atom stereocenters. The van der Waals surface area contributed by atoms with Gasteiger partial charge in [-0.25, -0.2) is 0 Å². The van der Waals surface area contributed by atoms with Crippen LogP contribution in [-0.2, 0) is 0 Å². The molecule has 0 fully saturated rings. The van der Waals surface area contributed by atoms with Gasteiger partial charge in [0.15, 0.2) is 0 Å². The van der Waals surface area contributed by atoms with Crippen molar-refractivity contribution >= 4 is 7.12 Å². The third kappa shape index (κ3) is 4.29. The summed E-state index contributed by atoms with van der Waals surface area (Å²) in [5.41, 5.74) is 0. The Balaban J connectivity index is 2.16. The molecule has 2 unspecified atom stereocenters. The summed E-state index contributed by atoms with van der Waals surface area (Å²) in [6.07, 6.45) is 0. The van der Waals surface area contributed by atoms with Gasteiger partial charge in [0.2, 0.25) is 0 Å². The van der Waals surface area contributed by atoms with E-state index in [4.69, 9.17) is 14.6 Å². The third-order valence-electron chi connectivity index (χ3n) is 3.41. The first-order chi connectivity index (χ1) is 10.2. The van der Waals surface area contributed by atoms with E-state index in [0.717, 1.165) is 11.5 Å². The van der Waals surface area contributed by atoms with Gasteiger partial charge in [0.1, 0.15) is 11.5 Å². The topological polar surface area (TPSA) is 42.2 Å². The molecule has 0 bridgehead atoms. The van der Waals surface area contributed by atoms with E-state index in [1.54, 1.807) is 0 Å². The van der Waals surface area contributed by atoms with Crippen molar-refractivity contribution in [3.05, 3.63) is 60.7 Å². The Hall–Kier alpha value is -2.41. The summed E-state index contributed by atoms with van der Waals surface area (Å²) in [4.78, 5) is 0. The fraction of sp³-hybridized carbons (Fsp3) is 0.235. The average molecular weight is 279 g/mol. The highest BCUT2D eigenvalue weighted by Crippen LogP contribution is 2.25. The highest BCUT2D eigenvalue weighted by molar-refractivity contribution is 6.48. The van der Waals surface area contributed by atoms with E-state index < -0.39 is 7.12 Å². The van der Waals surface area contributed by atoms with Crippen LogP contribution in [0.1, 0.15) is 13.8 Å². The Kier molecular flexibility index (Phi) is 5.28. The molecule has 0 N–H and O–H groups in total. The van der Waals surface area contributed by atoms with Crippen molar-refractivity contribution in [3.63, 3.8) is 0 Å². The van der Waals surface area contributed by atoms with Crippen LogP contribution in [0.5, 0.6) is 11.5 Å². The minimum absolute atomic E-state index is 0.0598. The molecule has 0 saturated heterocycles. The minimum atomic E-state index is -0.510. The molecule has 4 heteroatoms. The Labute approximate surface area is 126 Å². The molecule has 3 nitrogen and oxygen atoms in total. The van der Waals surface area contributed by atoms with Crippen molar-refractivity contribution < 1.29 is 9.31 Å². The molecule has 0 heterocycles. The second-order valence-electron chi connectivity index (χ2n) is 5.01. The number of para-hydroxylation sites is 2. The van der Waals surface area contributed by atoms with Crippen LogP contribution in [-0.4, -0.2) is 7.12 Å². The summed E-state index contributed by atoms with van der Waals surface area (Å²) in [5, 5.41) is 9.13. The second kappa shape index (κ2) is 7.40. The largest absolute Gasteiger partial charge is 0.599 e. The molecule has 0 aromatic heterocycles. The molecule has 106 valence electrons. The molecule has 21 heavy (non-hydrogen) atoms. The Morgan fingerprint density at radius 1 is 0.857 bits per heavy atom. The van der Waals surface area contributed by atoms with Gasteiger partial charge < -0.3 is 9.31 Å². The fourth-order valence-electron chi connectivity index (χ4n) is 1.86. The number of benzene rings is 2. The first-order valence-electron chi connectivity index (χ1n) is 7.03. The maximum atomic E-state index is 9.13. The van der Waals surface area contributed by atoms with Gasteiger partial charge in [-0.15, -0.1) is 0 Å². The number of nitrogens with zero attached hydrogens (tertiary/aromatic N) is 1. The summed E-state index contributed by atoms with van der Waals surface area (Å²) in [5.74, 6) is 1.24. The van der Waals surface area contributed by atoms with Crippen LogP contribution in [0, 0.1) is 17.2 Å². The van der Waals surface area contributed by atoms with Crippen LogP contribution >= 0.6 is 0 Å². The molecule has 0 spiro atoms. The van der Waals surface area contributed by atoms with E-state index in [0.29, 0.717) is 0 Å². The van der Waals surface area contributed by atoms with Gasteiger partial charge in [-0.3, -0.25) is 0 Å². The number of rotatable bonds is 6. The smallest absolute Gasteiger partial charge is 0.526 e. The normalized spacial score (nSPS) is 12.8. The lowest BCUT2D eigenvalue weighted by molar-refractivity contribution is 0.392. The van der Waals surface area contributed by atoms with Crippen LogP contribution < -0.4 is 9.31 Å². The van der Waals surface area contributed by atoms with Gasteiger partial charge in [-0.1, -0.05) is 43.3 Å². The Morgan fingerprint density at radius 3 is 1.67 bits per heavy atom. The van der Waals surface area contributed by atoms with E-state index in [-0.39, 0.29) is 11.7 Å². The summed E-state index contributed by atoms with van der Waals surface area (Å²) in [7, 11) is -0.510. The standard InChI is InChI=1S/C17H18BNO2/c1-14(13-19)15(2)18(20-16-9-5-3-6-10-16)21-17-11-7-4-8-12-17/h3-12,14-15H,1-2H3. The van der Waals surface area contributed by atoms with Gasteiger partial charge in [0.25, 0.3) is 0 Å². The number of hydrogen-bond acceptors (Lipinski definition) is 3. The van der Waals surface area contributed by atoms with E-state index in [2.05, 4.69) is 6.07 Å². The predicted molar refractivity (Wildman–Crippen MR) is 84.1 cm³/mol. The summed E-state index contributed by atoms with van der Waals surface area (Å²) >= 11 is 0. The van der Waals surface area contributed by atoms with E-state index >= 15 is 0 Å². The van der Waals surface area contributed by atoms with E-state index in [1.807, 2.05) is 74.5 Å². The lowest BCUT2D eigenvalue weighted by Crippen LogP contribution is -2.36. The quantitative estimate of drug-likeness (QED) is 0.745. The molecule has 2 rings (SSSR count). The zero-order chi connectivity index (χ0) is 15.1. The predicted octanol–water partition coefficient (Wildman–Crippen LogP) is 4.18. The highest BCUT2D eigenvalue weighted by Gasteiger charge is 2.35. The Bertz CT molecular complexity index is 541. The first-order valence-corrected chi connectivity index (χ1v) is 7.03. The van der Waals surface area contributed by atoms with Crippen LogP contribution in [0.4, 0.5) is 0 Å². The van der Waals surface area contributed by atoms with Crippen molar-refractivity contribution in [2.24, 2.45) is 5.92 Å². The van der Waals surface area contributed by atoms with Crippen molar-refractivity contribution in [1.29, 1.82) is 5.26 Å². The zero-order valence-electron chi connectivity index (χ0n) is 12.3. The lowest BCUT2D eigenvalue weighted by atomic mass is 9.66. The third-order valence-corrected chi connectivity index (χ3v) is 3.41. The average Bonchev–Trinajstić information content (AvgIpc) is 2.54. The minimum Gasteiger partial charge on any atom is -0.526 e.